The van der Waals surface area contributed by atoms with Crippen molar-refractivity contribution < 1.29 is 13.4 Å². The Labute approximate surface area is 163 Å². The number of urea groups is 1. The molecule has 2 aliphatic carbocycles. The predicted octanol–water partition coefficient (Wildman–Crippen LogP) is 5.12. The Hall–Kier alpha value is -1.80. The second-order valence-corrected chi connectivity index (χ2v) is 9.69. The fourth-order valence-corrected chi connectivity index (χ4v) is 5.64. The van der Waals surface area contributed by atoms with E-state index in [4.69, 9.17) is 0 Å². The summed E-state index contributed by atoms with van der Waals surface area (Å²) in [6.07, 6.45) is 6.22. The van der Waals surface area contributed by atoms with E-state index in [1.807, 2.05) is 13.8 Å². The maximum Gasteiger partial charge on any atom is 0.322 e. The van der Waals surface area contributed by atoms with Crippen LogP contribution in [-0.2, 0) is 40.5 Å². The highest BCUT2D eigenvalue weighted by Crippen LogP contribution is 2.41. The molecule has 0 bridgehead atoms. The van der Waals surface area contributed by atoms with Crippen molar-refractivity contribution >= 4 is 33.7 Å². The summed E-state index contributed by atoms with van der Waals surface area (Å²) in [5.41, 5.74) is 3.95. The molecule has 0 fully saturated rings. The average molecular weight is 407 g/mol. The van der Waals surface area contributed by atoms with E-state index in [2.05, 4.69) is 14.7 Å². The van der Waals surface area contributed by atoms with Crippen LogP contribution in [0.5, 0.6) is 0 Å². The van der Waals surface area contributed by atoms with Crippen molar-refractivity contribution in [2.45, 2.75) is 62.5 Å². The van der Waals surface area contributed by atoms with Gasteiger partial charge in [0.05, 0.1) is 5.01 Å². The first kappa shape index (κ1) is 18.6. The van der Waals surface area contributed by atoms with Crippen LogP contribution in [0.25, 0.3) is 0 Å². The molecule has 0 saturated heterocycles. The number of carbonyl (C=O) groups is 1. The molecule has 2 amide bonds. The molecule has 1 aromatic heterocycles. The second kappa shape index (κ2) is 7.31. The fraction of sp³-hybridized carbons (Fsp3) is 0.474. The second-order valence-electron chi connectivity index (χ2n) is 7.25. The molecule has 1 heterocycles. The van der Waals surface area contributed by atoms with Gasteiger partial charge in [-0.1, -0.05) is 13.8 Å². The largest absolute Gasteiger partial charge is 0.439 e. The molecule has 0 radical (unpaired) electrons. The number of nitrogens with zero attached hydrogens (tertiary/aromatic N) is 2. The Morgan fingerprint density at radius 1 is 1.19 bits per heavy atom. The van der Waals surface area contributed by atoms with Crippen molar-refractivity contribution in [3.63, 3.8) is 0 Å². The van der Waals surface area contributed by atoms with Crippen LogP contribution in [0, 0.1) is 5.82 Å². The lowest BCUT2D eigenvalue weighted by molar-refractivity contribution is 0.260. The van der Waals surface area contributed by atoms with E-state index in [0.29, 0.717) is 22.7 Å². The molecule has 0 unspecified atom stereocenters. The van der Waals surface area contributed by atoms with Crippen LogP contribution >= 0.6 is 11.3 Å². The van der Waals surface area contributed by atoms with E-state index in [1.165, 1.54) is 17.5 Å². The highest BCUT2D eigenvalue weighted by atomic mass is 32.2. The van der Waals surface area contributed by atoms with Gasteiger partial charge in [-0.05, 0) is 65.0 Å². The summed E-state index contributed by atoms with van der Waals surface area (Å²) < 4.78 is 31.3. The highest BCUT2D eigenvalue weighted by Gasteiger charge is 2.29. The molecule has 144 valence electrons. The number of rotatable bonds is 3. The molecule has 2 aliphatic rings. The van der Waals surface area contributed by atoms with Gasteiger partial charge in [0.15, 0.2) is 0 Å². The number of aromatic nitrogens is 1. The zero-order chi connectivity index (χ0) is 19.1. The molecule has 0 saturated carbocycles. The van der Waals surface area contributed by atoms with E-state index in [0.717, 1.165) is 52.9 Å². The van der Waals surface area contributed by atoms with E-state index >= 15 is 0 Å². The number of fused-ring (bicyclic) bond motifs is 2. The first-order valence-electron chi connectivity index (χ1n) is 9.21. The average Bonchev–Trinajstić information content (AvgIpc) is 3.38. The molecule has 4 rings (SSSR count). The van der Waals surface area contributed by atoms with E-state index in [9.17, 15) is 13.4 Å². The van der Waals surface area contributed by atoms with Crippen LogP contribution in [-0.4, -0.2) is 11.0 Å². The summed E-state index contributed by atoms with van der Waals surface area (Å²) >= 11 is 1.30. The van der Waals surface area contributed by atoms with Crippen molar-refractivity contribution in [3.8, 4) is 0 Å². The van der Waals surface area contributed by atoms with Crippen molar-refractivity contribution in [3.05, 3.63) is 39.3 Å². The number of halogens is 1. The molecule has 2 aromatic rings. The lowest BCUT2D eigenvalue weighted by Crippen LogP contribution is -2.12. The van der Waals surface area contributed by atoms with Gasteiger partial charge in [0.1, 0.15) is 5.82 Å². The van der Waals surface area contributed by atoms with Gasteiger partial charge >= 0.3 is 6.03 Å². The third-order valence-corrected chi connectivity index (χ3v) is 7.69. The monoisotopic (exact) mass is 406 g/mol. The van der Waals surface area contributed by atoms with Crippen molar-refractivity contribution in [2.75, 3.05) is 5.32 Å². The lowest BCUT2D eigenvalue weighted by Gasteiger charge is -2.16. The molecular weight excluding hydrogens is 385 g/mol. The molecule has 0 spiro atoms. The van der Waals surface area contributed by atoms with Crippen molar-refractivity contribution in [1.82, 2.24) is 4.98 Å². The Bertz CT molecular complexity index is 972. The quantitative estimate of drug-likeness (QED) is 0.719. The maximum absolute atomic E-state index is 14.7. The van der Waals surface area contributed by atoms with Crippen molar-refractivity contribution in [1.29, 1.82) is 0 Å². The third kappa shape index (κ3) is 3.40. The number of hydrogen-bond acceptors (Lipinski definition) is 5. The van der Waals surface area contributed by atoms with Gasteiger partial charge in [-0.2, -0.15) is 0 Å². The van der Waals surface area contributed by atoms with Gasteiger partial charge in [-0.3, -0.25) is 4.98 Å². The molecule has 0 atom stereocenters. The molecule has 1 aromatic carbocycles. The van der Waals surface area contributed by atoms with Gasteiger partial charge in [0.2, 0.25) is 0 Å². The van der Waals surface area contributed by atoms with Crippen LogP contribution in [0.2, 0.25) is 0 Å². The summed E-state index contributed by atoms with van der Waals surface area (Å²) in [6, 6.07) is -0.650. The van der Waals surface area contributed by atoms with E-state index < -0.39 is 16.6 Å². The standard InChI is InChI=1S/C19H21FN3O2S2/c1-10(2)18-21-9-15(26-18)27(25)23-19(24)22-17-13-7-3-5-11(13)16(20)12-6-4-8-14(12)17/h9-10H,3-8H2,1-2H3,(H,22,24)/q-1. The van der Waals surface area contributed by atoms with Crippen LogP contribution in [0.15, 0.2) is 14.8 Å². The first-order chi connectivity index (χ1) is 13.0. The minimum absolute atomic E-state index is 0.0839. The number of benzene rings is 1. The lowest BCUT2D eigenvalue weighted by atomic mass is 9.98. The van der Waals surface area contributed by atoms with Crippen molar-refractivity contribution in [2.24, 2.45) is 4.36 Å². The van der Waals surface area contributed by atoms with Gasteiger partial charge in [0, 0.05) is 17.8 Å². The number of nitrogens with one attached hydrogen (secondary N) is 1. The first-order valence-corrected chi connectivity index (χ1v) is 11.1. The van der Waals surface area contributed by atoms with Gasteiger partial charge in [-0.25, -0.2) is 9.18 Å². The summed E-state index contributed by atoms with van der Waals surface area (Å²) in [5, 5.41) is 3.68. The molecular formula is C19H21FN3O2S2-. The van der Waals surface area contributed by atoms with Crippen LogP contribution in [0.4, 0.5) is 14.9 Å². The van der Waals surface area contributed by atoms with E-state index in [1.54, 1.807) is 0 Å². The molecule has 1 N–H and O–H groups in total. The minimum atomic E-state index is -1.79. The topological polar surface area (TPSA) is 71.4 Å². The number of amides is 2. The minimum Gasteiger partial charge on any atom is -0.439 e. The smallest absolute Gasteiger partial charge is 0.322 e. The molecule has 0 aliphatic heterocycles. The predicted molar refractivity (Wildman–Crippen MR) is 104 cm³/mol. The Morgan fingerprint density at radius 3 is 2.33 bits per heavy atom. The number of anilines is 1. The van der Waals surface area contributed by atoms with Crippen LogP contribution < -0.4 is 5.32 Å². The Balaban J connectivity index is 1.63. The third-order valence-electron chi connectivity index (χ3n) is 5.14. The highest BCUT2D eigenvalue weighted by molar-refractivity contribution is 7.78. The summed E-state index contributed by atoms with van der Waals surface area (Å²) in [7, 11) is -1.79. The molecule has 8 heteroatoms. The summed E-state index contributed by atoms with van der Waals surface area (Å²) in [5.74, 6) is 0.151. The zero-order valence-corrected chi connectivity index (χ0v) is 16.9. The molecule has 5 nitrogen and oxygen atoms in total. The van der Waals surface area contributed by atoms with Crippen LogP contribution in [0.1, 0.15) is 59.9 Å². The number of hydrogen-bond donors (Lipinski definition) is 1. The van der Waals surface area contributed by atoms with Gasteiger partial charge in [-0.15, -0.1) is 21.9 Å². The number of thiazole rings is 1. The summed E-state index contributed by atoms with van der Waals surface area (Å²) in [4.78, 5) is 16.7. The van der Waals surface area contributed by atoms with Crippen LogP contribution in [0.3, 0.4) is 0 Å². The normalized spacial score (nSPS) is 16.6. The van der Waals surface area contributed by atoms with Gasteiger partial charge < -0.3 is 13.9 Å². The Morgan fingerprint density at radius 2 is 1.78 bits per heavy atom. The number of carbonyl (C=O) groups excluding carboxylic acids is 1. The maximum atomic E-state index is 14.7. The zero-order valence-electron chi connectivity index (χ0n) is 15.3. The SMILES string of the molecule is CC(C)c1ncc([S-](=O)=NC(=O)Nc2c3c(c(F)c4c2CCC4)CCC3)s1. The fourth-order valence-electron chi connectivity index (χ4n) is 3.91. The Kier molecular flexibility index (Phi) is 5.03. The van der Waals surface area contributed by atoms with E-state index in [-0.39, 0.29) is 11.7 Å². The van der Waals surface area contributed by atoms with Gasteiger partial charge in [0.25, 0.3) is 0 Å². The molecule has 27 heavy (non-hydrogen) atoms. The summed E-state index contributed by atoms with van der Waals surface area (Å²) in [6.45, 7) is 4.01.